The van der Waals surface area contributed by atoms with Crippen LogP contribution in [0.3, 0.4) is 0 Å². The van der Waals surface area contributed by atoms with Crippen LogP contribution in [-0.4, -0.2) is 28.2 Å². The molecule has 4 nitrogen and oxygen atoms in total. The van der Waals surface area contributed by atoms with Gasteiger partial charge in [0.15, 0.2) is 0 Å². The third kappa shape index (κ3) is 2.00. The molecule has 0 saturated carbocycles. The average molecular weight is 200 g/mol. The van der Waals surface area contributed by atoms with E-state index < -0.39 is 13.1 Å². The van der Waals surface area contributed by atoms with Crippen molar-refractivity contribution in [2.45, 2.75) is 0 Å². The van der Waals surface area contributed by atoms with Crippen LogP contribution in [0.5, 0.6) is 0 Å². The second-order valence-corrected chi connectivity index (χ2v) is 2.77. The molecule has 0 amide bonds. The average Bonchev–Trinajstić information content (AvgIpc) is 2.03. The number of hydrogen-bond acceptors (Lipinski definition) is 3. The van der Waals surface area contributed by atoms with Gasteiger partial charge in [0.2, 0.25) is 0 Å². The van der Waals surface area contributed by atoms with Crippen LogP contribution >= 0.6 is 11.6 Å². The zero-order valence-corrected chi connectivity index (χ0v) is 7.19. The van der Waals surface area contributed by atoms with Gasteiger partial charge >= 0.3 is 13.1 Å². The topological polar surface area (TPSA) is 77.8 Å². The summed E-state index contributed by atoms with van der Waals surface area (Å²) in [4.78, 5) is 10.5. The van der Waals surface area contributed by atoms with Crippen LogP contribution in [0.25, 0.3) is 0 Å². The Morgan fingerprint density at radius 2 is 2.00 bits per heavy atom. The van der Waals surface area contributed by atoms with Gasteiger partial charge in [-0.1, -0.05) is 23.7 Å². The van der Waals surface area contributed by atoms with Gasteiger partial charge in [-0.25, -0.2) is 4.79 Å². The standard InChI is InChI=1S/C7H6BClO4/c9-6-4(7(10)11)2-1-3-5(6)8(12)13/h1-3,12-13H,(H,10,11). The highest BCUT2D eigenvalue weighted by Crippen LogP contribution is 2.12. The zero-order chi connectivity index (χ0) is 10.0. The lowest BCUT2D eigenvalue weighted by Crippen LogP contribution is -2.31. The molecule has 0 atom stereocenters. The Bertz CT molecular complexity index is 339. The molecule has 1 aromatic rings. The van der Waals surface area contributed by atoms with Gasteiger partial charge in [0, 0.05) is 5.46 Å². The summed E-state index contributed by atoms with van der Waals surface area (Å²) in [6, 6.07) is 4.03. The van der Waals surface area contributed by atoms with Crippen LogP contribution in [-0.2, 0) is 0 Å². The Balaban J connectivity index is 3.26. The van der Waals surface area contributed by atoms with Gasteiger partial charge in [-0.05, 0) is 6.07 Å². The first kappa shape index (κ1) is 10.0. The molecule has 6 heteroatoms. The SMILES string of the molecule is O=C(O)c1cccc(B(O)O)c1Cl. The maximum Gasteiger partial charge on any atom is 0.489 e. The summed E-state index contributed by atoms with van der Waals surface area (Å²) >= 11 is 5.60. The molecule has 0 saturated heterocycles. The summed E-state index contributed by atoms with van der Waals surface area (Å²) in [5.74, 6) is -1.20. The highest BCUT2D eigenvalue weighted by Gasteiger charge is 2.19. The van der Waals surface area contributed by atoms with Crippen LogP contribution in [0.1, 0.15) is 10.4 Å². The number of carboxylic acids is 1. The van der Waals surface area contributed by atoms with Gasteiger partial charge in [-0.2, -0.15) is 0 Å². The lowest BCUT2D eigenvalue weighted by atomic mass is 9.79. The van der Waals surface area contributed by atoms with Gasteiger partial charge in [-0.15, -0.1) is 0 Å². The number of rotatable bonds is 2. The normalized spacial score (nSPS) is 9.77. The van der Waals surface area contributed by atoms with Crippen molar-refractivity contribution in [3.63, 3.8) is 0 Å². The van der Waals surface area contributed by atoms with E-state index in [1.807, 2.05) is 0 Å². The molecule has 0 unspecified atom stereocenters. The summed E-state index contributed by atoms with van der Waals surface area (Å²) < 4.78 is 0. The Morgan fingerprint density at radius 1 is 1.38 bits per heavy atom. The zero-order valence-electron chi connectivity index (χ0n) is 6.44. The summed E-state index contributed by atoms with van der Waals surface area (Å²) in [5.41, 5.74) is -0.158. The predicted molar refractivity (Wildman–Crippen MR) is 48.2 cm³/mol. The number of carbonyl (C=O) groups is 1. The van der Waals surface area contributed by atoms with Gasteiger partial charge in [0.1, 0.15) is 0 Å². The molecule has 0 aromatic heterocycles. The number of carboxylic acid groups (broad SMARTS) is 1. The van der Waals surface area contributed by atoms with E-state index in [2.05, 4.69) is 0 Å². The van der Waals surface area contributed by atoms with E-state index in [0.717, 1.165) is 0 Å². The van der Waals surface area contributed by atoms with E-state index in [4.69, 9.17) is 26.8 Å². The fourth-order valence-electron chi connectivity index (χ4n) is 0.914. The molecule has 13 heavy (non-hydrogen) atoms. The molecule has 0 heterocycles. The highest BCUT2D eigenvalue weighted by molar-refractivity contribution is 6.63. The molecule has 3 N–H and O–H groups in total. The summed E-state index contributed by atoms with van der Waals surface area (Å²) in [6.07, 6.45) is 0. The smallest absolute Gasteiger partial charge is 0.478 e. The predicted octanol–water partition coefficient (Wildman–Crippen LogP) is -0.282. The maximum absolute atomic E-state index is 10.5. The third-order valence-electron chi connectivity index (χ3n) is 1.54. The van der Waals surface area contributed by atoms with E-state index >= 15 is 0 Å². The van der Waals surface area contributed by atoms with Gasteiger partial charge in [0.05, 0.1) is 10.6 Å². The summed E-state index contributed by atoms with van der Waals surface area (Å²) in [5, 5.41) is 26.1. The molecule has 0 bridgehead atoms. The monoisotopic (exact) mass is 200 g/mol. The molecule has 1 rings (SSSR count). The van der Waals surface area contributed by atoms with Crippen LogP contribution in [0.15, 0.2) is 18.2 Å². The van der Waals surface area contributed by atoms with E-state index in [1.165, 1.54) is 18.2 Å². The van der Waals surface area contributed by atoms with Crippen LogP contribution in [0.2, 0.25) is 5.02 Å². The quantitative estimate of drug-likeness (QED) is 0.574. The molecule has 0 spiro atoms. The summed E-state index contributed by atoms with van der Waals surface area (Å²) in [7, 11) is -1.76. The van der Waals surface area contributed by atoms with Gasteiger partial charge in [-0.3, -0.25) is 0 Å². The Labute approximate surface area is 79.5 Å². The van der Waals surface area contributed by atoms with Crippen LogP contribution in [0, 0.1) is 0 Å². The first-order valence-corrected chi connectivity index (χ1v) is 3.79. The minimum Gasteiger partial charge on any atom is -0.478 e. The molecule has 1 aromatic carbocycles. The fraction of sp³-hybridized carbons (Fsp3) is 0. The fourth-order valence-corrected chi connectivity index (χ4v) is 1.22. The number of halogens is 1. The van der Waals surface area contributed by atoms with E-state index in [-0.39, 0.29) is 16.0 Å². The molecular weight excluding hydrogens is 194 g/mol. The van der Waals surface area contributed by atoms with Crippen LogP contribution in [0.4, 0.5) is 0 Å². The van der Waals surface area contributed by atoms with Crippen molar-refractivity contribution in [2.24, 2.45) is 0 Å². The van der Waals surface area contributed by atoms with Crippen molar-refractivity contribution < 1.29 is 19.9 Å². The van der Waals surface area contributed by atoms with Crippen molar-refractivity contribution in [3.8, 4) is 0 Å². The number of hydrogen-bond donors (Lipinski definition) is 3. The molecule has 68 valence electrons. The number of benzene rings is 1. The van der Waals surface area contributed by atoms with Gasteiger partial charge < -0.3 is 15.2 Å². The molecule has 0 fully saturated rings. The van der Waals surface area contributed by atoms with E-state index in [1.54, 1.807) is 0 Å². The van der Waals surface area contributed by atoms with Crippen molar-refractivity contribution in [1.82, 2.24) is 0 Å². The molecule has 0 aliphatic carbocycles. The Kier molecular flexibility index (Phi) is 2.92. The third-order valence-corrected chi connectivity index (χ3v) is 1.96. The highest BCUT2D eigenvalue weighted by atomic mass is 35.5. The van der Waals surface area contributed by atoms with Crippen molar-refractivity contribution in [2.75, 3.05) is 0 Å². The first-order valence-electron chi connectivity index (χ1n) is 3.42. The van der Waals surface area contributed by atoms with Crippen molar-refractivity contribution in [3.05, 3.63) is 28.8 Å². The van der Waals surface area contributed by atoms with Crippen LogP contribution < -0.4 is 5.46 Å². The minimum absolute atomic E-state index is 0.0124. The first-order chi connectivity index (χ1) is 6.04. The molecular formula is C7H6BClO4. The maximum atomic E-state index is 10.5. The minimum atomic E-state index is -1.76. The van der Waals surface area contributed by atoms with Crippen molar-refractivity contribution in [1.29, 1.82) is 0 Å². The van der Waals surface area contributed by atoms with Crippen molar-refractivity contribution >= 4 is 30.2 Å². The lowest BCUT2D eigenvalue weighted by molar-refractivity contribution is 0.0697. The largest absolute Gasteiger partial charge is 0.489 e. The van der Waals surface area contributed by atoms with E-state index in [9.17, 15) is 4.79 Å². The molecule has 0 radical (unpaired) electrons. The Hall–Kier alpha value is -1.04. The molecule has 0 aliphatic rings. The van der Waals surface area contributed by atoms with Gasteiger partial charge in [0.25, 0.3) is 0 Å². The lowest BCUT2D eigenvalue weighted by Gasteiger charge is -2.04. The molecule has 0 aliphatic heterocycles. The number of aromatic carboxylic acids is 1. The second-order valence-electron chi connectivity index (χ2n) is 2.39. The second kappa shape index (κ2) is 3.78. The van der Waals surface area contributed by atoms with E-state index in [0.29, 0.717) is 0 Å². The Morgan fingerprint density at radius 3 is 2.46 bits per heavy atom. The summed E-state index contributed by atoms with van der Waals surface area (Å²) in [6.45, 7) is 0.